The molecule has 0 radical (unpaired) electrons. The van der Waals surface area contributed by atoms with Gasteiger partial charge >= 0.3 is 38.8 Å². The van der Waals surface area contributed by atoms with Crippen LogP contribution < -0.4 is 89.6 Å². The van der Waals surface area contributed by atoms with Crippen molar-refractivity contribution in [1.29, 1.82) is 5.41 Å². The number of benzene rings is 5. The molecule has 0 bridgehead atoms. The number of aliphatic carboxylic acids is 1. The molecule has 1 aromatic heterocycles. The van der Waals surface area contributed by atoms with E-state index in [-0.39, 0.29) is 137 Å². The number of nitrogens with zero attached hydrogens (tertiary/aromatic N) is 3. The van der Waals surface area contributed by atoms with Crippen LogP contribution in [-0.2, 0) is 93.5 Å². The molecule has 1 saturated heterocycles. The van der Waals surface area contributed by atoms with Crippen LogP contribution in [0.1, 0.15) is 131 Å². The molecule has 0 spiro atoms. The molecule has 2 heterocycles. The predicted molar refractivity (Wildman–Crippen MR) is 540 cm³/mol. The molecule has 12 amide bonds. The molecular formula is C94H135N18O28P2S2+. The fourth-order valence-corrected chi connectivity index (χ4v) is 17.6. The molecule has 0 saturated carbocycles. The molecule has 13 atom stereocenters. The van der Waals surface area contributed by atoms with Gasteiger partial charge in [-0.2, -0.15) is 23.5 Å². The van der Waals surface area contributed by atoms with Crippen LogP contribution in [0.2, 0.25) is 0 Å². The zero-order valence-electron chi connectivity index (χ0n) is 82.3. The maximum atomic E-state index is 15.3. The zero-order chi connectivity index (χ0) is 107. The summed E-state index contributed by atoms with van der Waals surface area (Å²) in [6.07, 6.45) is -0.333. The SMILES string of the molecule is CSCC[C@H](NC(=O)[C@H](Cc1ccccc1)NC(=O)[C@H](CCCCN)NC(=O)COCCOCCNC(=O)c1ccccc1-c1c2ccc(N(C)C)cc2[o+]c2cc(N(C)C)c(C(=O)O)cc12)C(=O)N[C@@H](CCSC)C(=O)N[C@H](C(=O)N1CCC[C@H]1C(=O)N[C@@H](Cc1ccc(OP(=O)(O)O)cc1)C(=O)N[C@H](C(=O)N[C@H](C(=O)N[C@H](C(=O)N[C@@H](CCCNC(=N)N)C(=O)O)[C@@H](C)O)C(C)C)C(C)C)[C@@H](C)OP(=O)(O)O. The van der Waals surface area contributed by atoms with Gasteiger partial charge in [0.05, 0.1) is 66.2 Å². The van der Waals surface area contributed by atoms with Crippen molar-refractivity contribution in [2.45, 2.75) is 191 Å². The van der Waals surface area contributed by atoms with Gasteiger partial charge in [-0.3, -0.25) is 77.3 Å². The Kier molecular flexibility index (Phi) is 47.4. The highest BCUT2D eigenvalue weighted by Crippen LogP contribution is 2.43. The molecule has 7 rings (SSSR count). The number of ether oxygens (including phenoxy) is 2. The van der Waals surface area contributed by atoms with Crippen molar-refractivity contribution in [3.05, 3.63) is 131 Å². The smallest absolute Gasteiger partial charge is 0.480 e. The first-order valence-electron chi connectivity index (χ1n) is 46.7. The largest absolute Gasteiger partial charge is 0.524 e. The fourth-order valence-electron chi connectivity index (χ4n) is 15.7. The van der Waals surface area contributed by atoms with Crippen molar-refractivity contribution in [3.63, 3.8) is 0 Å². The average molecular weight is 2090 g/mol. The molecule has 1 aliphatic heterocycles. The number of phosphoric ester groups is 2. The second-order valence-corrected chi connectivity index (χ2v) is 39.8. The number of hydrogen-bond acceptors (Lipinski definition) is 27. The summed E-state index contributed by atoms with van der Waals surface area (Å²) in [6, 6.07) is 11.6. The number of anilines is 2. The van der Waals surface area contributed by atoms with E-state index in [4.69, 9.17) is 39.8 Å². The van der Waals surface area contributed by atoms with Crippen molar-refractivity contribution in [1.82, 2.24) is 68.7 Å². The van der Waals surface area contributed by atoms with E-state index < -0.39 is 202 Å². The molecule has 5 aromatic carbocycles. The van der Waals surface area contributed by atoms with E-state index in [9.17, 15) is 102 Å². The Morgan fingerprint density at radius 3 is 1.62 bits per heavy atom. The van der Waals surface area contributed by atoms with Crippen molar-refractivity contribution in [2.24, 2.45) is 23.3 Å². The Morgan fingerprint density at radius 2 is 1.06 bits per heavy atom. The number of nitrogens with one attached hydrogen (secondary N) is 13. The first kappa shape index (κ1) is 119. The molecule has 1 aliphatic rings. The number of phosphoric acid groups is 2. The molecule has 24 N–H and O–H groups in total. The van der Waals surface area contributed by atoms with Gasteiger partial charge in [0, 0.05) is 77.5 Å². The predicted octanol–water partition coefficient (Wildman–Crippen LogP) is 2.10. The number of carboxylic acids is 2. The number of carboxylic acid groups (broad SMARTS) is 2. The second-order valence-electron chi connectivity index (χ2n) is 35.5. The number of fused-ring (bicyclic) bond motifs is 2. The van der Waals surface area contributed by atoms with Crippen molar-refractivity contribution >= 4 is 161 Å². The van der Waals surface area contributed by atoms with Crippen LogP contribution in [0.5, 0.6) is 5.75 Å². The number of guanidine groups is 1. The molecular weight excluding hydrogens is 1960 g/mol. The van der Waals surface area contributed by atoms with E-state index in [0.717, 1.165) is 36.6 Å². The zero-order valence-corrected chi connectivity index (χ0v) is 85.7. The highest BCUT2D eigenvalue weighted by molar-refractivity contribution is 7.98. The van der Waals surface area contributed by atoms with Crippen molar-refractivity contribution in [3.8, 4) is 16.9 Å². The van der Waals surface area contributed by atoms with Crippen molar-refractivity contribution in [2.75, 3.05) is 115 Å². The molecule has 0 aliphatic carbocycles. The van der Waals surface area contributed by atoms with Gasteiger partial charge in [-0.25, -0.2) is 23.1 Å². The number of aliphatic hydroxyl groups excluding tert-OH is 1. The van der Waals surface area contributed by atoms with Gasteiger partial charge in [-0.1, -0.05) is 88.4 Å². The third kappa shape index (κ3) is 37.1. The van der Waals surface area contributed by atoms with E-state index in [2.05, 4.69) is 63.8 Å². The molecule has 50 heteroatoms. The highest BCUT2D eigenvalue weighted by atomic mass is 32.2. The number of aromatic carboxylic acids is 1. The van der Waals surface area contributed by atoms with E-state index in [1.165, 1.54) is 63.4 Å². The highest BCUT2D eigenvalue weighted by Gasteiger charge is 2.45. The van der Waals surface area contributed by atoms with Crippen LogP contribution in [0.15, 0.2) is 114 Å². The van der Waals surface area contributed by atoms with Crippen molar-refractivity contribution < 1.29 is 134 Å². The number of hydrogen-bond donors (Lipinski definition) is 22. The number of aliphatic hydroxyl groups is 1. The molecule has 144 heavy (non-hydrogen) atoms. The topological polar surface area (TPSA) is 693 Å². The van der Waals surface area contributed by atoms with Crippen LogP contribution >= 0.6 is 39.2 Å². The first-order valence-corrected chi connectivity index (χ1v) is 52.5. The summed E-state index contributed by atoms with van der Waals surface area (Å²) in [4.78, 5) is 244. The summed E-state index contributed by atoms with van der Waals surface area (Å²) in [5.74, 6) is -15.8. The molecule has 1 fully saturated rings. The number of unbranched alkanes of at least 4 members (excludes halogenated alkanes) is 1. The van der Waals surface area contributed by atoms with Crippen LogP contribution in [0, 0.1) is 17.2 Å². The Hall–Kier alpha value is -12.2. The van der Waals surface area contributed by atoms with Crippen LogP contribution in [0.25, 0.3) is 33.1 Å². The lowest BCUT2D eigenvalue weighted by Gasteiger charge is -2.33. The lowest BCUT2D eigenvalue weighted by molar-refractivity contribution is -0.144. The summed E-state index contributed by atoms with van der Waals surface area (Å²) in [5, 5.41) is 70.6. The third-order valence-electron chi connectivity index (χ3n) is 23.2. The van der Waals surface area contributed by atoms with Gasteiger partial charge in [-0.15, -0.1) is 0 Å². The molecule has 46 nitrogen and oxygen atoms in total. The van der Waals surface area contributed by atoms with Crippen LogP contribution in [0.3, 0.4) is 0 Å². The van der Waals surface area contributed by atoms with Crippen LogP contribution in [0.4, 0.5) is 11.4 Å². The fraction of sp³-hybridized carbons (Fsp3) is 0.511. The lowest BCUT2D eigenvalue weighted by Crippen LogP contribution is -2.63. The summed E-state index contributed by atoms with van der Waals surface area (Å²) >= 11 is 2.53. The number of carbonyl (C=O) groups excluding carboxylic acids is 12. The molecule has 6 aromatic rings. The summed E-state index contributed by atoms with van der Waals surface area (Å²) < 4.78 is 52.1. The Morgan fingerprint density at radius 1 is 0.535 bits per heavy atom. The van der Waals surface area contributed by atoms with Gasteiger partial charge in [0.25, 0.3) is 5.91 Å². The number of carbonyl (C=O) groups is 14. The van der Waals surface area contributed by atoms with E-state index in [1.807, 2.05) is 37.2 Å². The minimum Gasteiger partial charge on any atom is -0.480 e. The minimum absolute atomic E-state index is 0.0121. The Bertz CT molecular complexity index is 5550. The van der Waals surface area contributed by atoms with E-state index in [0.29, 0.717) is 57.2 Å². The number of amides is 12. The standard InChI is InChI=1S/C94H134N18O28P2S2/c1-52(2)77(88(122)107-78(53(3)4)89(123)108-79(54(5)113)90(124)103-68(93(128)129)27-20-38-99-94(96)97)106-86(120)70(47-57-29-32-59(33-30-57)140-142(133,134)135)105-87(121)71-28-21-40-112(71)91(125)80(55(6)139-141(130,131)132)109-84(118)67(36-45-144-12)101-83(117)66(35-44-143-11)102-85(119)69(46-56-22-14-13-15-23-56)104-82(116)65(26-18-19-37-95)100-75(114)51-137-43-42-136-41-39-98-81(115)61-25-17-16-24-60(61)76-62-34-31-58(110(7)8)48-73(62)138-74-50-72(111(9)10)63(92(126)127)49-64(74)76/h13-17,22-25,29-34,48-50,52-55,65-71,77-80,113H,18-21,26-28,35-47,51,95H2,1-12H3,(H20-,96,97,98,99,100,101,102,103,104,105,106,107,108,109,114,115,116,117,118,119,120,121,122,123,124,126,127,128,129,130,131,132,133,134,135)/p+1/t54-,55-,65+,66+,67+,68+,69+,70+,71+,77+,78+,79+,80+/m1/s1. The normalized spacial score (nSPS) is 15.1. The van der Waals surface area contributed by atoms with Crippen LogP contribution in [-0.4, -0.2) is 312 Å². The Balaban J connectivity index is 1.04. The quantitative estimate of drug-likeness (QED) is 0.00649. The van der Waals surface area contributed by atoms with Gasteiger partial charge in [-0.05, 0) is 167 Å². The number of thioether (sulfide) groups is 2. The summed E-state index contributed by atoms with van der Waals surface area (Å²) in [7, 11) is -3.42. The number of likely N-dealkylation sites (tertiary alicyclic amines) is 1. The van der Waals surface area contributed by atoms with Gasteiger partial charge < -0.3 is 129 Å². The monoisotopic (exact) mass is 2090 g/mol. The third-order valence-corrected chi connectivity index (χ3v) is 25.5. The summed E-state index contributed by atoms with van der Waals surface area (Å²) in [6.45, 7) is 7.66. The molecule has 790 valence electrons. The summed E-state index contributed by atoms with van der Waals surface area (Å²) in [5.41, 5.74) is 15.5. The first-order chi connectivity index (χ1) is 68.0. The number of rotatable bonds is 60. The van der Waals surface area contributed by atoms with Gasteiger partial charge in [0.15, 0.2) is 5.96 Å². The number of nitrogens with two attached hydrogens (primary N) is 2. The second kappa shape index (κ2) is 57.5. The van der Waals surface area contributed by atoms with Gasteiger partial charge in [0.2, 0.25) is 65.0 Å². The van der Waals surface area contributed by atoms with E-state index in [1.54, 1.807) is 98.2 Å². The Labute approximate surface area is 842 Å². The van der Waals surface area contributed by atoms with Gasteiger partial charge in [0.1, 0.15) is 78.8 Å². The average Bonchev–Trinajstić information content (AvgIpc) is 0.788. The lowest BCUT2D eigenvalue weighted by atomic mass is 9.92. The minimum atomic E-state index is -5.55. The molecule has 0 unspecified atom stereocenters. The van der Waals surface area contributed by atoms with E-state index >= 15 is 9.59 Å². The maximum absolute atomic E-state index is 15.3. The maximum Gasteiger partial charge on any atom is 0.524 e.